The average Bonchev–Trinajstić information content (AvgIpc) is 2.40. The molecule has 0 radical (unpaired) electrons. The molecule has 1 amide bonds. The van der Waals surface area contributed by atoms with Gasteiger partial charge in [0.1, 0.15) is 10.7 Å². The van der Waals surface area contributed by atoms with Gasteiger partial charge in [0.2, 0.25) is 5.91 Å². The minimum atomic E-state index is -3.99. The van der Waals surface area contributed by atoms with Crippen LogP contribution in [0.2, 0.25) is 0 Å². The van der Waals surface area contributed by atoms with Gasteiger partial charge in [-0.05, 0) is 36.4 Å². The molecule has 0 heterocycles. The van der Waals surface area contributed by atoms with Crippen molar-refractivity contribution in [1.82, 2.24) is 0 Å². The Morgan fingerprint density at radius 2 is 1.57 bits per heavy atom. The van der Waals surface area contributed by atoms with Crippen LogP contribution < -0.4 is 10.0 Å². The first kappa shape index (κ1) is 15.0. The molecule has 0 aliphatic rings. The molecule has 7 heteroatoms. The molecule has 0 saturated carbocycles. The number of hydrogen-bond acceptors (Lipinski definition) is 3. The van der Waals surface area contributed by atoms with Crippen molar-refractivity contribution in [2.75, 3.05) is 10.0 Å². The smallest absolute Gasteiger partial charge is 0.264 e. The van der Waals surface area contributed by atoms with Crippen molar-refractivity contribution in [1.29, 1.82) is 0 Å². The molecule has 0 aromatic heterocycles. The number of carbonyl (C=O) groups excluding carboxylic acids is 1. The van der Waals surface area contributed by atoms with Gasteiger partial charge in [-0.15, -0.1) is 0 Å². The second-order valence-electron chi connectivity index (χ2n) is 4.29. The molecule has 21 heavy (non-hydrogen) atoms. The van der Waals surface area contributed by atoms with Crippen molar-refractivity contribution < 1.29 is 17.6 Å². The van der Waals surface area contributed by atoms with E-state index in [1.165, 1.54) is 37.3 Å². The van der Waals surface area contributed by atoms with Crippen molar-refractivity contribution in [3.8, 4) is 0 Å². The molecular weight excluding hydrogens is 295 g/mol. The lowest BCUT2D eigenvalue weighted by atomic mass is 10.3. The fraction of sp³-hybridized carbons (Fsp3) is 0.0714. The Kier molecular flexibility index (Phi) is 4.23. The summed E-state index contributed by atoms with van der Waals surface area (Å²) in [6.45, 7) is 1.37. The first-order valence-corrected chi connectivity index (χ1v) is 7.52. The molecule has 0 bridgehead atoms. The second-order valence-corrected chi connectivity index (χ2v) is 5.95. The number of benzene rings is 2. The van der Waals surface area contributed by atoms with Crippen LogP contribution in [0, 0.1) is 5.82 Å². The number of nitrogens with one attached hydrogen (secondary N) is 2. The van der Waals surface area contributed by atoms with Crippen molar-refractivity contribution in [3.63, 3.8) is 0 Å². The van der Waals surface area contributed by atoms with Gasteiger partial charge in [-0.2, -0.15) is 0 Å². The number of rotatable bonds is 4. The van der Waals surface area contributed by atoms with Crippen LogP contribution in [0.5, 0.6) is 0 Å². The summed E-state index contributed by atoms with van der Waals surface area (Å²) >= 11 is 0. The van der Waals surface area contributed by atoms with Crippen LogP contribution in [0.15, 0.2) is 53.4 Å². The standard InChI is InChI=1S/C14H13FN2O3S/c1-10(18)16-11-6-8-12(9-7-11)17-21(19,20)14-5-3-2-4-13(14)15/h2-9,17H,1H3,(H,16,18). The summed E-state index contributed by atoms with van der Waals surface area (Å²) in [5, 5.41) is 2.56. The highest BCUT2D eigenvalue weighted by Gasteiger charge is 2.18. The Balaban J connectivity index is 2.21. The maximum Gasteiger partial charge on any atom is 0.264 e. The molecule has 2 aromatic carbocycles. The van der Waals surface area contributed by atoms with Gasteiger partial charge in [-0.3, -0.25) is 9.52 Å². The monoisotopic (exact) mass is 308 g/mol. The van der Waals surface area contributed by atoms with E-state index >= 15 is 0 Å². The second kappa shape index (κ2) is 5.92. The highest BCUT2D eigenvalue weighted by molar-refractivity contribution is 7.92. The lowest BCUT2D eigenvalue weighted by Crippen LogP contribution is -2.14. The normalized spacial score (nSPS) is 11.0. The minimum Gasteiger partial charge on any atom is -0.326 e. The molecule has 0 saturated heterocycles. The summed E-state index contributed by atoms with van der Waals surface area (Å²) < 4.78 is 39.9. The third-order valence-corrected chi connectivity index (χ3v) is 4.00. The van der Waals surface area contributed by atoms with E-state index in [2.05, 4.69) is 10.0 Å². The Morgan fingerprint density at radius 3 is 2.14 bits per heavy atom. The lowest BCUT2D eigenvalue weighted by Gasteiger charge is -2.09. The topological polar surface area (TPSA) is 75.3 Å². The van der Waals surface area contributed by atoms with Gasteiger partial charge in [0, 0.05) is 18.3 Å². The zero-order valence-electron chi connectivity index (χ0n) is 11.1. The van der Waals surface area contributed by atoms with Crippen LogP contribution in [0.4, 0.5) is 15.8 Å². The summed E-state index contributed by atoms with van der Waals surface area (Å²) in [4.78, 5) is 10.5. The molecule has 0 spiro atoms. The fourth-order valence-corrected chi connectivity index (χ4v) is 2.84. The molecular formula is C14H13FN2O3S. The largest absolute Gasteiger partial charge is 0.326 e. The van der Waals surface area contributed by atoms with Gasteiger partial charge < -0.3 is 5.32 Å². The SMILES string of the molecule is CC(=O)Nc1ccc(NS(=O)(=O)c2ccccc2F)cc1. The Morgan fingerprint density at radius 1 is 1.00 bits per heavy atom. The van der Waals surface area contributed by atoms with Gasteiger partial charge in [0.25, 0.3) is 10.0 Å². The average molecular weight is 308 g/mol. The van der Waals surface area contributed by atoms with Crippen LogP contribution in [0.3, 0.4) is 0 Å². The van der Waals surface area contributed by atoms with E-state index in [1.807, 2.05) is 0 Å². The summed E-state index contributed by atoms with van der Waals surface area (Å²) in [5.41, 5.74) is 0.809. The van der Waals surface area contributed by atoms with Gasteiger partial charge in [0.15, 0.2) is 0 Å². The molecule has 0 unspecified atom stereocenters. The molecule has 0 aliphatic heterocycles. The predicted molar refractivity (Wildman–Crippen MR) is 78.0 cm³/mol. The van der Waals surface area contributed by atoms with E-state index < -0.39 is 20.7 Å². The maximum atomic E-state index is 13.5. The summed E-state index contributed by atoms with van der Waals surface area (Å²) in [6, 6.07) is 11.2. The number of amides is 1. The van der Waals surface area contributed by atoms with E-state index in [-0.39, 0.29) is 11.6 Å². The molecule has 2 N–H and O–H groups in total. The van der Waals surface area contributed by atoms with E-state index in [0.29, 0.717) is 5.69 Å². The van der Waals surface area contributed by atoms with Crippen molar-refractivity contribution in [2.24, 2.45) is 0 Å². The Hall–Kier alpha value is -2.41. The molecule has 0 aliphatic carbocycles. The van der Waals surface area contributed by atoms with Crippen molar-refractivity contribution in [3.05, 3.63) is 54.3 Å². The zero-order valence-corrected chi connectivity index (χ0v) is 11.9. The number of anilines is 2. The maximum absolute atomic E-state index is 13.5. The number of sulfonamides is 1. The minimum absolute atomic E-state index is 0.227. The molecule has 5 nitrogen and oxygen atoms in total. The molecule has 110 valence electrons. The van der Waals surface area contributed by atoms with E-state index in [1.54, 1.807) is 12.1 Å². The van der Waals surface area contributed by atoms with Crippen LogP contribution >= 0.6 is 0 Å². The van der Waals surface area contributed by atoms with Gasteiger partial charge in [0.05, 0.1) is 0 Å². The van der Waals surface area contributed by atoms with E-state index in [4.69, 9.17) is 0 Å². The lowest BCUT2D eigenvalue weighted by molar-refractivity contribution is -0.114. The first-order valence-electron chi connectivity index (χ1n) is 6.03. The third kappa shape index (κ3) is 3.79. The summed E-state index contributed by atoms with van der Waals surface area (Å²) in [5.74, 6) is -1.05. The number of halogens is 1. The van der Waals surface area contributed by atoms with Crippen molar-refractivity contribution in [2.45, 2.75) is 11.8 Å². The summed E-state index contributed by atoms with van der Waals surface area (Å²) in [7, 11) is -3.99. The highest BCUT2D eigenvalue weighted by Crippen LogP contribution is 2.20. The first-order chi connectivity index (χ1) is 9.88. The zero-order chi connectivity index (χ0) is 15.5. The Bertz CT molecular complexity index is 758. The number of carbonyl (C=O) groups is 1. The van der Waals surface area contributed by atoms with Gasteiger partial charge in [-0.1, -0.05) is 12.1 Å². The Labute approximate surface area is 121 Å². The van der Waals surface area contributed by atoms with Crippen LogP contribution in [-0.4, -0.2) is 14.3 Å². The molecule has 0 atom stereocenters. The van der Waals surface area contributed by atoms with Crippen molar-refractivity contribution >= 4 is 27.3 Å². The molecule has 0 fully saturated rings. The van der Waals surface area contributed by atoms with Gasteiger partial charge in [-0.25, -0.2) is 12.8 Å². The molecule has 2 aromatic rings. The number of hydrogen-bond donors (Lipinski definition) is 2. The third-order valence-electron chi connectivity index (χ3n) is 2.58. The quantitative estimate of drug-likeness (QED) is 0.911. The summed E-state index contributed by atoms with van der Waals surface area (Å²) in [6.07, 6.45) is 0. The van der Waals surface area contributed by atoms with Crippen LogP contribution in [-0.2, 0) is 14.8 Å². The van der Waals surface area contributed by atoms with Crippen LogP contribution in [0.25, 0.3) is 0 Å². The highest BCUT2D eigenvalue weighted by atomic mass is 32.2. The van der Waals surface area contributed by atoms with E-state index in [9.17, 15) is 17.6 Å². The van der Waals surface area contributed by atoms with E-state index in [0.717, 1.165) is 6.07 Å². The van der Waals surface area contributed by atoms with Crippen LogP contribution in [0.1, 0.15) is 6.92 Å². The predicted octanol–water partition coefficient (Wildman–Crippen LogP) is 2.58. The fourth-order valence-electron chi connectivity index (χ4n) is 1.70. The molecule has 2 rings (SSSR count). The van der Waals surface area contributed by atoms with Gasteiger partial charge >= 0.3 is 0 Å².